The average molecular weight is 418 g/mol. The summed E-state index contributed by atoms with van der Waals surface area (Å²) in [5.74, 6) is -0.364. The number of aromatic nitrogens is 2. The number of hydrogen-bond acceptors (Lipinski definition) is 7. The third kappa shape index (κ3) is 4.60. The molecule has 0 spiro atoms. The van der Waals surface area contributed by atoms with Gasteiger partial charge >= 0.3 is 0 Å². The predicted octanol–water partition coefficient (Wildman–Crippen LogP) is 2.58. The first kappa shape index (κ1) is 20.3. The highest BCUT2D eigenvalue weighted by molar-refractivity contribution is 5.94. The molecule has 1 atom stereocenters. The van der Waals surface area contributed by atoms with Crippen molar-refractivity contribution in [2.45, 2.75) is 6.10 Å². The van der Waals surface area contributed by atoms with Crippen LogP contribution >= 0.6 is 0 Å². The number of nitrogen functional groups attached to an aromatic ring is 1. The van der Waals surface area contributed by atoms with E-state index in [2.05, 4.69) is 15.3 Å². The summed E-state index contributed by atoms with van der Waals surface area (Å²) in [7, 11) is 0. The molecule has 0 radical (unpaired) electrons. The zero-order chi connectivity index (χ0) is 21.8. The molecule has 31 heavy (non-hydrogen) atoms. The van der Waals surface area contributed by atoms with Crippen LogP contribution < -0.4 is 16.0 Å². The van der Waals surface area contributed by atoms with Crippen LogP contribution in [0, 0.1) is 17.1 Å². The van der Waals surface area contributed by atoms with E-state index >= 15 is 0 Å². The number of carbonyl (C=O) groups is 1. The molecule has 156 valence electrons. The first-order chi connectivity index (χ1) is 15.0. The van der Waals surface area contributed by atoms with Gasteiger partial charge in [-0.2, -0.15) is 10.2 Å². The third-order valence-electron chi connectivity index (χ3n) is 4.84. The van der Waals surface area contributed by atoms with Crippen molar-refractivity contribution in [2.24, 2.45) is 0 Å². The Labute approximate surface area is 178 Å². The van der Waals surface area contributed by atoms with Crippen molar-refractivity contribution in [3.05, 3.63) is 66.0 Å². The predicted molar refractivity (Wildman–Crippen MR) is 114 cm³/mol. The van der Waals surface area contributed by atoms with Crippen molar-refractivity contribution in [1.29, 1.82) is 5.26 Å². The molecule has 1 fully saturated rings. The number of rotatable bonds is 4. The normalized spacial score (nSPS) is 15.9. The van der Waals surface area contributed by atoms with E-state index in [1.807, 2.05) is 23.1 Å². The van der Waals surface area contributed by atoms with Gasteiger partial charge in [0.2, 0.25) is 5.95 Å². The second-order valence-electron chi connectivity index (χ2n) is 6.94. The van der Waals surface area contributed by atoms with Crippen LogP contribution in [0.3, 0.4) is 0 Å². The van der Waals surface area contributed by atoms with Gasteiger partial charge in [-0.3, -0.25) is 4.79 Å². The molecule has 2 heterocycles. The van der Waals surface area contributed by atoms with Crippen LogP contribution in [0.5, 0.6) is 0 Å². The van der Waals surface area contributed by atoms with E-state index in [1.54, 1.807) is 30.3 Å². The molecule has 3 N–H and O–H groups in total. The van der Waals surface area contributed by atoms with Crippen molar-refractivity contribution in [2.75, 3.05) is 35.6 Å². The summed E-state index contributed by atoms with van der Waals surface area (Å²) >= 11 is 0. The largest absolute Gasteiger partial charge is 0.368 e. The fourth-order valence-corrected chi connectivity index (χ4v) is 3.29. The van der Waals surface area contributed by atoms with Gasteiger partial charge in [0.1, 0.15) is 17.7 Å². The van der Waals surface area contributed by atoms with Crippen molar-refractivity contribution in [3.8, 4) is 17.3 Å². The Hall–Kier alpha value is -4.03. The van der Waals surface area contributed by atoms with Gasteiger partial charge in [-0.15, -0.1) is 0 Å². The monoisotopic (exact) mass is 418 g/mol. The second-order valence-corrected chi connectivity index (χ2v) is 6.94. The molecule has 1 unspecified atom stereocenters. The Morgan fingerprint density at radius 1 is 1.23 bits per heavy atom. The first-order valence-corrected chi connectivity index (χ1v) is 9.60. The molecule has 0 bridgehead atoms. The van der Waals surface area contributed by atoms with Crippen LogP contribution in [-0.4, -0.2) is 41.7 Å². The zero-order valence-corrected chi connectivity index (χ0v) is 16.5. The smallest absolute Gasteiger partial charge is 0.255 e. The summed E-state index contributed by atoms with van der Waals surface area (Å²) in [4.78, 5) is 22.9. The van der Waals surface area contributed by atoms with E-state index in [0.29, 0.717) is 35.9 Å². The molecule has 1 aliphatic rings. The zero-order valence-electron chi connectivity index (χ0n) is 16.5. The number of anilines is 3. The number of nitrogens with two attached hydrogens (primary N) is 1. The highest BCUT2D eigenvalue weighted by Crippen LogP contribution is 2.25. The Morgan fingerprint density at radius 3 is 2.77 bits per heavy atom. The number of nitriles is 1. The van der Waals surface area contributed by atoms with E-state index in [-0.39, 0.29) is 24.0 Å². The number of para-hydroxylation sites is 1. The molecule has 1 aliphatic heterocycles. The number of morpholine rings is 1. The van der Waals surface area contributed by atoms with Gasteiger partial charge in [-0.1, -0.05) is 24.3 Å². The maximum absolute atomic E-state index is 14.0. The lowest BCUT2D eigenvalue weighted by atomic mass is 10.1. The summed E-state index contributed by atoms with van der Waals surface area (Å²) in [5.41, 5.74) is 7.41. The number of benzene rings is 2. The summed E-state index contributed by atoms with van der Waals surface area (Å²) in [6.45, 7) is 1.11. The van der Waals surface area contributed by atoms with Crippen LogP contribution in [0.25, 0.3) is 11.3 Å². The van der Waals surface area contributed by atoms with Gasteiger partial charge in [0.15, 0.2) is 6.10 Å². The van der Waals surface area contributed by atoms with Crippen LogP contribution in [-0.2, 0) is 9.53 Å². The van der Waals surface area contributed by atoms with Crippen LogP contribution in [0.15, 0.2) is 54.6 Å². The molecule has 8 nitrogen and oxygen atoms in total. The van der Waals surface area contributed by atoms with Gasteiger partial charge < -0.3 is 20.7 Å². The van der Waals surface area contributed by atoms with Crippen LogP contribution in [0.2, 0.25) is 0 Å². The van der Waals surface area contributed by atoms with E-state index in [0.717, 1.165) is 0 Å². The number of nitrogens with one attached hydrogen (secondary N) is 1. The Kier molecular flexibility index (Phi) is 5.73. The number of amides is 1. The van der Waals surface area contributed by atoms with Gasteiger partial charge in [0.05, 0.1) is 24.4 Å². The minimum atomic E-state index is -0.694. The number of hydrogen-bond donors (Lipinski definition) is 2. The Morgan fingerprint density at radius 2 is 2.03 bits per heavy atom. The maximum Gasteiger partial charge on any atom is 0.255 e. The molecule has 1 amide bonds. The van der Waals surface area contributed by atoms with E-state index in [9.17, 15) is 9.18 Å². The Balaban J connectivity index is 1.54. The minimum Gasteiger partial charge on any atom is -0.368 e. The van der Waals surface area contributed by atoms with E-state index in [1.165, 1.54) is 12.1 Å². The molecule has 9 heteroatoms. The van der Waals surface area contributed by atoms with Gasteiger partial charge in [-0.05, 0) is 24.3 Å². The first-order valence-electron chi connectivity index (χ1n) is 9.60. The molecule has 4 rings (SSSR count). The summed E-state index contributed by atoms with van der Waals surface area (Å²) in [5, 5.41) is 11.7. The average Bonchev–Trinajstić information content (AvgIpc) is 2.79. The fraction of sp³-hybridized carbons (Fsp3) is 0.182. The highest BCUT2D eigenvalue weighted by atomic mass is 19.1. The lowest BCUT2D eigenvalue weighted by molar-refractivity contribution is -0.128. The van der Waals surface area contributed by atoms with Gasteiger partial charge in [0.25, 0.3) is 5.91 Å². The number of halogens is 1. The maximum atomic E-state index is 14.0. The van der Waals surface area contributed by atoms with E-state index < -0.39 is 11.9 Å². The third-order valence-corrected chi connectivity index (χ3v) is 4.84. The van der Waals surface area contributed by atoms with E-state index in [4.69, 9.17) is 15.7 Å². The Bertz CT molecular complexity index is 1150. The molecular formula is C22H19FN6O2. The lowest BCUT2D eigenvalue weighted by Gasteiger charge is -2.33. The summed E-state index contributed by atoms with van der Waals surface area (Å²) in [6.07, 6.45) is -0.694. The second kappa shape index (κ2) is 8.77. The molecule has 0 saturated carbocycles. The lowest BCUT2D eigenvalue weighted by Crippen LogP contribution is -2.48. The van der Waals surface area contributed by atoms with Crippen LogP contribution in [0.1, 0.15) is 5.56 Å². The summed E-state index contributed by atoms with van der Waals surface area (Å²) < 4.78 is 19.7. The number of ether oxygens (including phenoxy) is 1. The van der Waals surface area contributed by atoms with Crippen molar-refractivity contribution in [1.82, 2.24) is 9.97 Å². The highest BCUT2D eigenvalue weighted by Gasteiger charge is 2.28. The number of nitrogens with zero attached hydrogens (tertiary/aromatic N) is 4. The van der Waals surface area contributed by atoms with Crippen molar-refractivity contribution < 1.29 is 13.9 Å². The fourth-order valence-electron chi connectivity index (χ4n) is 3.29. The van der Waals surface area contributed by atoms with Crippen molar-refractivity contribution in [3.63, 3.8) is 0 Å². The molecule has 0 aliphatic carbocycles. The molecular weight excluding hydrogens is 399 g/mol. The summed E-state index contributed by atoms with van der Waals surface area (Å²) in [6, 6.07) is 16.8. The number of carbonyl (C=O) groups excluding carboxylic acids is 1. The van der Waals surface area contributed by atoms with Gasteiger partial charge in [0, 0.05) is 23.9 Å². The SMILES string of the molecule is N#Cc1ccc(-c2cc(N3CCOC(C(=O)Nc4ccccc4)C3)nc(N)n2)cc1F. The van der Waals surface area contributed by atoms with Gasteiger partial charge in [-0.25, -0.2) is 9.37 Å². The molecule has 3 aromatic rings. The topological polar surface area (TPSA) is 117 Å². The molecule has 2 aromatic carbocycles. The standard InChI is InChI=1S/C22H19FN6O2/c23-17-10-14(6-7-15(17)12-24)18-11-20(28-22(25)27-18)29-8-9-31-19(13-29)21(30)26-16-4-2-1-3-5-16/h1-7,10-11,19H,8-9,13H2,(H,26,30)(H2,25,27,28). The molecule has 1 saturated heterocycles. The van der Waals surface area contributed by atoms with Crippen LogP contribution in [0.4, 0.5) is 21.8 Å². The minimum absolute atomic E-state index is 0.0223. The van der Waals surface area contributed by atoms with Crippen molar-refractivity contribution >= 4 is 23.4 Å². The quantitative estimate of drug-likeness (QED) is 0.669. The molecule has 1 aromatic heterocycles.